The molecular formula is C13H21N3O3S. The summed E-state index contributed by atoms with van der Waals surface area (Å²) >= 11 is 0. The van der Waals surface area contributed by atoms with Crippen molar-refractivity contribution in [3.05, 3.63) is 29.8 Å². The Bertz CT molecular complexity index is 544. The molecule has 1 aromatic rings. The lowest BCUT2D eigenvalue weighted by atomic mass is 10.2. The largest absolute Gasteiger partial charge is 0.338 e. The van der Waals surface area contributed by atoms with Crippen LogP contribution in [0.4, 0.5) is 4.79 Å². The summed E-state index contributed by atoms with van der Waals surface area (Å²) < 4.78 is 26.8. The Balaban J connectivity index is 2.56. The van der Waals surface area contributed by atoms with Crippen LogP contribution in [0.2, 0.25) is 0 Å². The van der Waals surface area contributed by atoms with Crippen LogP contribution in [0.3, 0.4) is 0 Å². The van der Waals surface area contributed by atoms with E-state index in [0.717, 1.165) is 5.56 Å². The molecule has 3 N–H and O–H groups in total. The van der Waals surface area contributed by atoms with Crippen molar-refractivity contribution in [2.24, 2.45) is 0 Å². The minimum atomic E-state index is -3.53. The SMILES string of the molecule is CCNC(=O)NCCNS(=O)(=O)c1ccccc1CC. The van der Waals surface area contributed by atoms with E-state index in [1.54, 1.807) is 18.2 Å². The van der Waals surface area contributed by atoms with Crippen LogP contribution in [0.15, 0.2) is 29.2 Å². The van der Waals surface area contributed by atoms with Crippen molar-refractivity contribution in [2.45, 2.75) is 25.2 Å². The number of carbonyl (C=O) groups is 1. The fourth-order valence-electron chi connectivity index (χ4n) is 1.72. The van der Waals surface area contributed by atoms with Crippen molar-refractivity contribution in [3.63, 3.8) is 0 Å². The van der Waals surface area contributed by atoms with E-state index in [9.17, 15) is 13.2 Å². The van der Waals surface area contributed by atoms with E-state index in [2.05, 4.69) is 15.4 Å². The molecule has 0 fully saturated rings. The van der Waals surface area contributed by atoms with Gasteiger partial charge in [-0.05, 0) is 25.0 Å². The number of hydrogen-bond acceptors (Lipinski definition) is 3. The summed E-state index contributed by atoms with van der Waals surface area (Å²) in [5.74, 6) is 0. The van der Waals surface area contributed by atoms with Gasteiger partial charge in [0.05, 0.1) is 4.90 Å². The molecule has 0 atom stereocenters. The second-order valence-corrected chi connectivity index (χ2v) is 5.88. The summed E-state index contributed by atoms with van der Waals surface area (Å²) in [7, 11) is -3.53. The van der Waals surface area contributed by atoms with Gasteiger partial charge in [0, 0.05) is 19.6 Å². The van der Waals surface area contributed by atoms with Crippen LogP contribution in [0.25, 0.3) is 0 Å². The minimum Gasteiger partial charge on any atom is -0.338 e. The number of hydrogen-bond donors (Lipinski definition) is 3. The van der Waals surface area contributed by atoms with Crippen molar-refractivity contribution in [3.8, 4) is 0 Å². The lowest BCUT2D eigenvalue weighted by Crippen LogP contribution is -2.40. The van der Waals surface area contributed by atoms with E-state index in [1.165, 1.54) is 0 Å². The quantitative estimate of drug-likeness (QED) is 0.652. The monoisotopic (exact) mass is 299 g/mol. The number of amides is 2. The van der Waals surface area contributed by atoms with E-state index < -0.39 is 10.0 Å². The van der Waals surface area contributed by atoms with Crippen LogP contribution in [0.5, 0.6) is 0 Å². The number of urea groups is 1. The molecule has 1 rings (SSSR count). The molecule has 0 radical (unpaired) electrons. The fourth-order valence-corrected chi connectivity index (χ4v) is 3.06. The topological polar surface area (TPSA) is 87.3 Å². The van der Waals surface area contributed by atoms with Gasteiger partial charge in [-0.15, -0.1) is 0 Å². The number of sulfonamides is 1. The molecule has 1 aromatic carbocycles. The molecule has 7 heteroatoms. The molecule has 0 aromatic heterocycles. The van der Waals surface area contributed by atoms with Gasteiger partial charge >= 0.3 is 6.03 Å². The second kappa shape index (κ2) is 7.86. The lowest BCUT2D eigenvalue weighted by Gasteiger charge is -2.11. The smallest absolute Gasteiger partial charge is 0.314 e. The van der Waals surface area contributed by atoms with E-state index in [0.29, 0.717) is 17.9 Å². The summed E-state index contributed by atoms with van der Waals surface area (Å²) in [6.45, 7) is 4.63. The van der Waals surface area contributed by atoms with Crippen molar-refractivity contribution in [2.75, 3.05) is 19.6 Å². The first-order chi connectivity index (χ1) is 9.51. The van der Waals surface area contributed by atoms with Crippen molar-refractivity contribution in [1.29, 1.82) is 0 Å². The Morgan fingerprint density at radius 2 is 1.80 bits per heavy atom. The van der Waals surface area contributed by atoms with Gasteiger partial charge in [-0.3, -0.25) is 0 Å². The maximum absolute atomic E-state index is 12.1. The molecule has 0 aliphatic carbocycles. The van der Waals surface area contributed by atoms with E-state index >= 15 is 0 Å². The van der Waals surface area contributed by atoms with Crippen LogP contribution in [0, 0.1) is 0 Å². The highest BCUT2D eigenvalue weighted by molar-refractivity contribution is 7.89. The number of rotatable bonds is 7. The second-order valence-electron chi connectivity index (χ2n) is 4.15. The van der Waals surface area contributed by atoms with Crippen LogP contribution in [-0.2, 0) is 16.4 Å². The van der Waals surface area contributed by atoms with Gasteiger partial charge < -0.3 is 10.6 Å². The van der Waals surface area contributed by atoms with Crippen molar-refractivity contribution < 1.29 is 13.2 Å². The molecule has 112 valence electrons. The number of benzene rings is 1. The molecule has 0 aliphatic heterocycles. The third kappa shape index (κ3) is 4.82. The van der Waals surface area contributed by atoms with Gasteiger partial charge in [0.15, 0.2) is 0 Å². The highest BCUT2D eigenvalue weighted by atomic mass is 32.2. The van der Waals surface area contributed by atoms with Crippen LogP contribution in [0.1, 0.15) is 19.4 Å². The maximum Gasteiger partial charge on any atom is 0.314 e. The maximum atomic E-state index is 12.1. The van der Waals surface area contributed by atoms with Gasteiger partial charge in [0.1, 0.15) is 0 Å². The standard InChI is InChI=1S/C13H21N3O3S/c1-3-11-7-5-6-8-12(11)20(18,19)16-10-9-15-13(17)14-4-2/h5-8,16H,3-4,9-10H2,1-2H3,(H2,14,15,17). The third-order valence-electron chi connectivity index (χ3n) is 2.68. The molecule has 0 aliphatic rings. The molecule has 0 bridgehead atoms. The van der Waals surface area contributed by atoms with Gasteiger partial charge in [0.2, 0.25) is 10.0 Å². The summed E-state index contributed by atoms with van der Waals surface area (Å²) in [6.07, 6.45) is 0.647. The highest BCUT2D eigenvalue weighted by Gasteiger charge is 2.16. The molecule has 2 amide bonds. The van der Waals surface area contributed by atoms with Gasteiger partial charge in [-0.1, -0.05) is 25.1 Å². The van der Waals surface area contributed by atoms with E-state index in [4.69, 9.17) is 0 Å². The number of nitrogens with one attached hydrogen (secondary N) is 3. The molecule has 20 heavy (non-hydrogen) atoms. The van der Waals surface area contributed by atoms with Gasteiger partial charge in [-0.2, -0.15) is 0 Å². The van der Waals surface area contributed by atoms with Crippen LogP contribution >= 0.6 is 0 Å². The Morgan fingerprint density at radius 3 is 2.45 bits per heavy atom. The summed E-state index contributed by atoms with van der Waals surface area (Å²) in [6, 6.07) is 6.58. The van der Waals surface area contributed by atoms with E-state index in [-0.39, 0.29) is 19.1 Å². The number of carbonyl (C=O) groups excluding carboxylic acids is 1. The normalized spacial score (nSPS) is 11.1. The predicted molar refractivity (Wildman–Crippen MR) is 78.1 cm³/mol. The molecular weight excluding hydrogens is 278 g/mol. The highest BCUT2D eigenvalue weighted by Crippen LogP contribution is 2.15. The molecule has 0 heterocycles. The third-order valence-corrected chi connectivity index (χ3v) is 4.24. The molecule has 0 saturated carbocycles. The zero-order chi connectivity index (χ0) is 15.0. The Labute approximate surface area is 120 Å². The molecule has 0 saturated heterocycles. The van der Waals surface area contributed by atoms with E-state index in [1.807, 2.05) is 19.9 Å². The lowest BCUT2D eigenvalue weighted by molar-refractivity contribution is 0.241. The summed E-state index contributed by atoms with van der Waals surface area (Å²) in [5.41, 5.74) is 0.775. The molecule has 0 unspecified atom stereocenters. The van der Waals surface area contributed by atoms with Gasteiger partial charge in [0.25, 0.3) is 0 Å². The van der Waals surface area contributed by atoms with Gasteiger partial charge in [-0.25, -0.2) is 17.9 Å². The Kier molecular flexibility index (Phi) is 6.47. The zero-order valence-electron chi connectivity index (χ0n) is 11.8. The molecule has 0 spiro atoms. The first-order valence-corrected chi connectivity index (χ1v) is 8.08. The summed E-state index contributed by atoms with van der Waals surface area (Å²) in [4.78, 5) is 11.4. The molecule has 6 nitrogen and oxygen atoms in total. The Morgan fingerprint density at radius 1 is 1.10 bits per heavy atom. The number of aryl methyl sites for hydroxylation is 1. The summed E-state index contributed by atoms with van der Waals surface area (Å²) in [5, 5.41) is 5.13. The van der Waals surface area contributed by atoms with Crippen LogP contribution < -0.4 is 15.4 Å². The average Bonchev–Trinajstić information content (AvgIpc) is 2.44. The fraction of sp³-hybridized carbons (Fsp3) is 0.462. The van der Waals surface area contributed by atoms with Crippen molar-refractivity contribution in [1.82, 2.24) is 15.4 Å². The van der Waals surface area contributed by atoms with Crippen molar-refractivity contribution >= 4 is 16.1 Å². The average molecular weight is 299 g/mol. The Hall–Kier alpha value is -1.60. The first kappa shape index (κ1) is 16.5. The zero-order valence-corrected chi connectivity index (χ0v) is 12.6. The van der Waals surface area contributed by atoms with Crippen LogP contribution in [-0.4, -0.2) is 34.1 Å². The first-order valence-electron chi connectivity index (χ1n) is 6.60. The predicted octanol–water partition coefficient (Wildman–Crippen LogP) is 0.846. The minimum absolute atomic E-state index is 0.150.